The lowest BCUT2D eigenvalue weighted by Gasteiger charge is -2.08. The Morgan fingerprint density at radius 1 is 1.00 bits per heavy atom. The van der Waals surface area contributed by atoms with E-state index in [-0.39, 0.29) is 16.6 Å². The van der Waals surface area contributed by atoms with Crippen LogP contribution in [0, 0.1) is 0 Å². The highest BCUT2D eigenvalue weighted by Gasteiger charge is 2.37. The van der Waals surface area contributed by atoms with Crippen LogP contribution in [-0.4, -0.2) is 37.4 Å². The number of hydrogen-bond donors (Lipinski definition) is 0. The van der Waals surface area contributed by atoms with Crippen LogP contribution in [0.2, 0.25) is 0 Å². The molecule has 0 amide bonds. The first-order valence-electron chi connectivity index (χ1n) is 5.09. The standard InChI is InChI=1S/C9H10F3OS.CHF3O3S/c1-14(2)8-5-3-7(4-6-8)13-9(10,11)12;2-1(3,4)8(5,6)7/h3-6H,1-2H3;(H,5,6,7)/q+1;/p-1. The number of alkyl halides is 6. The van der Waals surface area contributed by atoms with Crippen molar-refractivity contribution in [3.8, 4) is 5.75 Å². The van der Waals surface area contributed by atoms with Crippen molar-refractivity contribution in [2.24, 2.45) is 0 Å². The van der Waals surface area contributed by atoms with E-state index in [9.17, 15) is 26.3 Å². The van der Waals surface area contributed by atoms with Gasteiger partial charge in [0, 0.05) is 10.9 Å². The topological polar surface area (TPSA) is 66.4 Å². The minimum Gasteiger partial charge on any atom is -0.741 e. The summed E-state index contributed by atoms with van der Waals surface area (Å²) in [6.45, 7) is 0. The minimum absolute atomic E-state index is 0.0528. The maximum Gasteiger partial charge on any atom is 0.573 e. The second-order valence-corrected chi connectivity index (χ2v) is 7.21. The molecule has 128 valence electrons. The highest BCUT2D eigenvalue weighted by Crippen LogP contribution is 2.23. The monoisotopic (exact) mass is 372 g/mol. The van der Waals surface area contributed by atoms with E-state index in [1.165, 1.54) is 12.1 Å². The fourth-order valence-corrected chi connectivity index (χ4v) is 1.59. The molecular formula is C10H10F6O4S2. The average molecular weight is 372 g/mol. The van der Waals surface area contributed by atoms with E-state index in [1.54, 1.807) is 12.1 Å². The van der Waals surface area contributed by atoms with Gasteiger partial charge in [-0.25, -0.2) is 8.42 Å². The Balaban J connectivity index is 0.000000472. The maximum atomic E-state index is 11.8. The van der Waals surface area contributed by atoms with Crippen LogP contribution in [0.1, 0.15) is 0 Å². The Morgan fingerprint density at radius 3 is 1.59 bits per heavy atom. The number of halogens is 6. The van der Waals surface area contributed by atoms with Gasteiger partial charge in [-0.3, -0.25) is 0 Å². The molecule has 0 atom stereocenters. The van der Waals surface area contributed by atoms with Crippen molar-refractivity contribution in [3.63, 3.8) is 0 Å². The Morgan fingerprint density at radius 2 is 1.36 bits per heavy atom. The smallest absolute Gasteiger partial charge is 0.573 e. The normalized spacial score (nSPS) is 12.6. The molecule has 1 rings (SSSR count). The molecule has 0 bridgehead atoms. The quantitative estimate of drug-likeness (QED) is 0.347. The molecule has 0 aliphatic rings. The van der Waals surface area contributed by atoms with Gasteiger partial charge in [-0.2, -0.15) is 13.2 Å². The largest absolute Gasteiger partial charge is 0.741 e. The molecule has 0 spiro atoms. The second kappa shape index (κ2) is 7.42. The minimum atomic E-state index is -6.09. The Bertz CT molecular complexity index is 563. The zero-order valence-electron chi connectivity index (χ0n) is 11.0. The summed E-state index contributed by atoms with van der Waals surface area (Å²) in [6, 6.07) is 5.94. The molecule has 4 nitrogen and oxygen atoms in total. The molecule has 0 radical (unpaired) electrons. The van der Waals surface area contributed by atoms with Crippen LogP contribution < -0.4 is 4.74 Å². The third kappa shape index (κ3) is 8.34. The van der Waals surface area contributed by atoms with E-state index in [1.807, 2.05) is 12.5 Å². The van der Waals surface area contributed by atoms with Gasteiger partial charge in [0.05, 0.1) is 0 Å². The first kappa shape index (κ1) is 20.9. The lowest BCUT2D eigenvalue weighted by Crippen LogP contribution is -2.21. The Kier molecular flexibility index (Phi) is 7.03. The van der Waals surface area contributed by atoms with Crippen molar-refractivity contribution in [2.45, 2.75) is 16.8 Å². The molecule has 0 aliphatic heterocycles. The van der Waals surface area contributed by atoms with Crippen LogP contribution >= 0.6 is 0 Å². The number of hydrogen-bond acceptors (Lipinski definition) is 4. The van der Waals surface area contributed by atoms with E-state index >= 15 is 0 Å². The molecule has 0 saturated carbocycles. The molecule has 0 heterocycles. The van der Waals surface area contributed by atoms with E-state index in [2.05, 4.69) is 4.74 Å². The van der Waals surface area contributed by atoms with Crippen LogP contribution in [0.3, 0.4) is 0 Å². The van der Waals surface area contributed by atoms with Gasteiger partial charge < -0.3 is 9.29 Å². The van der Waals surface area contributed by atoms with Crippen LogP contribution in [0.5, 0.6) is 5.75 Å². The van der Waals surface area contributed by atoms with Crippen molar-refractivity contribution in [1.82, 2.24) is 0 Å². The predicted molar refractivity (Wildman–Crippen MR) is 66.4 cm³/mol. The zero-order chi connectivity index (χ0) is 17.8. The highest BCUT2D eigenvalue weighted by molar-refractivity contribution is 7.95. The molecule has 1 aromatic carbocycles. The molecule has 0 unspecified atom stereocenters. The average Bonchev–Trinajstić information content (AvgIpc) is 2.25. The molecule has 0 aliphatic carbocycles. The summed E-state index contributed by atoms with van der Waals surface area (Å²) in [5, 5.41) is 0. The van der Waals surface area contributed by atoms with E-state index in [0.717, 1.165) is 4.90 Å². The van der Waals surface area contributed by atoms with Gasteiger partial charge in [-0.15, -0.1) is 13.2 Å². The number of ether oxygens (including phenoxy) is 1. The summed E-state index contributed by atoms with van der Waals surface area (Å²) in [7, 11) is -6.04. The lowest BCUT2D eigenvalue weighted by molar-refractivity contribution is -0.274. The van der Waals surface area contributed by atoms with Crippen molar-refractivity contribution < 1.29 is 44.0 Å². The SMILES string of the molecule is C[S+](C)c1ccc(OC(F)(F)F)cc1.O=S(=O)([O-])C(F)(F)F. The highest BCUT2D eigenvalue weighted by atomic mass is 32.2. The van der Waals surface area contributed by atoms with E-state index in [0.29, 0.717) is 0 Å². The molecule has 0 N–H and O–H groups in total. The van der Waals surface area contributed by atoms with E-state index < -0.39 is 22.0 Å². The molecule has 0 saturated heterocycles. The molecule has 0 fully saturated rings. The van der Waals surface area contributed by atoms with Crippen molar-refractivity contribution >= 4 is 21.0 Å². The molecular weight excluding hydrogens is 362 g/mol. The molecule has 0 aromatic heterocycles. The molecule has 12 heteroatoms. The van der Waals surface area contributed by atoms with Crippen molar-refractivity contribution in [1.29, 1.82) is 0 Å². The lowest BCUT2D eigenvalue weighted by atomic mass is 10.3. The summed E-state index contributed by atoms with van der Waals surface area (Å²) >= 11 is 0. The Labute approximate surface area is 125 Å². The fraction of sp³-hybridized carbons (Fsp3) is 0.400. The third-order valence-corrected chi connectivity index (χ3v) is 3.59. The van der Waals surface area contributed by atoms with Crippen LogP contribution in [0.25, 0.3) is 0 Å². The molecule has 1 aromatic rings. The second-order valence-electron chi connectivity index (χ2n) is 3.74. The third-order valence-electron chi connectivity index (χ3n) is 1.81. The van der Waals surface area contributed by atoms with E-state index in [4.69, 9.17) is 13.0 Å². The number of rotatable bonds is 2. The first-order chi connectivity index (χ1) is 9.63. The summed E-state index contributed by atoms with van der Waals surface area (Å²) in [6.07, 6.45) is -0.610. The van der Waals surface area contributed by atoms with Gasteiger partial charge >= 0.3 is 11.9 Å². The van der Waals surface area contributed by atoms with Gasteiger partial charge in [0.25, 0.3) is 0 Å². The summed E-state index contributed by atoms with van der Waals surface area (Å²) in [4.78, 5) is 1.01. The summed E-state index contributed by atoms with van der Waals surface area (Å²) in [5.41, 5.74) is -5.65. The van der Waals surface area contributed by atoms with Crippen LogP contribution in [-0.2, 0) is 21.0 Å². The molecule has 22 heavy (non-hydrogen) atoms. The van der Waals surface area contributed by atoms with Gasteiger partial charge in [0.1, 0.15) is 18.3 Å². The Hall–Kier alpha value is -1.14. The number of benzene rings is 1. The van der Waals surface area contributed by atoms with Gasteiger partial charge in [-0.05, 0) is 24.3 Å². The predicted octanol–water partition coefficient (Wildman–Crippen LogP) is 2.87. The van der Waals surface area contributed by atoms with Crippen LogP contribution in [0.15, 0.2) is 29.2 Å². The van der Waals surface area contributed by atoms with Gasteiger partial charge in [-0.1, -0.05) is 0 Å². The summed E-state index contributed by atoms with van der Waals surface area (Å²) < 4.78 is 98.0. The van der Waals surface area contributed by atoms with Gasteiger partial charge in [0.15, 0.2) is 15.0 Å². The van der Waals surface area contributed by atoms with Crippen molar-refractivity contribution in [3.05, 3.63) is 24.3 Å². The maximum absolute atomic E-state index is 11.8. The summed E-state index contributed by atoms with van der Waals surface area (Å²) in [5.74, 6) is -0.174. The first-order valence-corrected chi connectivity index (χ1v) is 8.54. The zero-order valence-corrected chi connectivity index (χ0v) is 12.7. The van der Waals surface area contributed by atoms with Crippen LogP contribution in [0.4, 0.5) is 26.3 Å². The van der Waals surface area contributed by atoms with Crippen molar-refractivity contribution in [2.75, 3.05) is 12.5 Å². The van der Waals surface area contributed by atoms with Gasteiger partial charge in [0.2, 0.25) is 0 Å². The fourth-order valence-electron chi connectivity index (χ4n) is 0.913.